The Balaban J connectivity index is 1.50. The molecule has 0 saturated carbocycles. The van der Waals surface area contributed by atoms with Gasteiger partial charge in [-0.05, 0) is 54.7 Å². The molecule has 34 heavy (non-hydrogen) atoms. The molecule has 1 aromatic carbocycles. The molecule has 0 aliphatic carbocycles. The van der Waals surface area contributed by atoms with Gasteiger partial charge in [0.1, 0.15) is 0 Å². The number of anilines is 1. The Kier molecular flexibility index (Phi) is 6.20. The van der Waals surface area contributed by atoms with Crippen LogP contribution in [0.2, 0.25) is 0 Å². The van der Waals surface area contributed by atoms with Crippen LogP contribution >= 0.6 is 0 Å². The second-order valence-corrected chi connectivity index (χ2v) is 7.99. The molecule has 172 valence electrons. The van der Waals surface area contributed by atoms with E-state index in [2.05, 4.69) is 33.6 Å². The van der Waals surface area contributed by atoms with Crippen molar-refractivity contribution in [1.29, 1.82) is 0 Å². The van der Waals surface area contributed by atoms with E-state index in [1.807, 2.05) is 42.5 Å². The number of hydrogen-bond donors (Lipinski definition) is 1. The highest BCUT2D eigenvalue weighted by Crippen LogP contribution is 2.34. The van der Waals surface area contributed by atoms with Crippen molar-refractivity contribution in [3.63, 3.8) is 0 Å². The Hall–Kier alpha value is -4.20. The summed E-state index contributed by atoms with van der Waals surface area (Å²) < 4.78 is 13.7. The van der Waals surface area contributed by atoms with Gasteiger partial charge >= 0.3 is 6.01 Å². The largest absolute Gasteiger partial charge is 0.463 e. The first-order valence-corrected chi connectivity index (χ1v) is 11.4. The van der Waals surface area contributed by atoms with E-state index in [1.165, 1.54) is 5.56 Å². The number of nitrogens with zero attached hydrogens (tertiary/aromatic N) is 5. The molecule has 4 aromatic heterocycles. The maximum absolute atomic E-state index is 6.32. The van der Waals surface area contributed by atoms with Crippen molar-refractivity contribution < 1.29 is 9.15 Å². The number of nitrogen functional groups attached to an aromatic ring is 1. The molecule has 2 N–H and O–H groups in total. The summed E-state index contributed by atoms with van der Waals surface area (Å²) in [5.41, 5.74) is 9.82. The third-order valence-corrected chi connectivity index (χ3v) is 5.76. The fourth-order valence-electron chi connectivity index (χ4n) is 4.15. The third-order valence-electron chi connectivity index (χ3n) is 5.76. The van der Waals surface area contributed by atoms with Gasteiger partial charge in [-0.1, -0.05) is 37.3 Å². The van der Waals surface area contributed by atoms with E-state index in [1.54, 1.807) is 18.7 Å². The van der Waals surface area contributed by atoms with E-state index in [9.17, 15) is 0 Å². The van der Waals surface area contributed by atoms with E-state index >= 15 is 0 Å². The van der Waals surface area contributed by atoms with Gasteiger partial charge in [0.25, 0.3) is 0 Å². The highest BCUT2D eigenvalue weighted by Gasteiger charge is 2.25. The minimum Gasteiger partial charge on any atom is -0.463 e. The Morgan fingerprint density at radius 3 is 2.56 bits per heavy atom. The number of aromatic nitrogens is 5. The van der Waals surface area contributed by atoms with Gasteiger partial charge in [-0.2, -0.15) is 9.97 Å². The summed E-state index contributed by atoms with van der Waals surface area (Å²) in [6, 6.07) is 18.2. The first kappa shape index (κ1) is 21.6. The van der Waals surface area contributed by atoms with Crippen LogP contribution in [0.15, 0.2) is 77.7 Å². The normalized spacial score (nSPS) is 12.1. The lowest BCUT2D eigenvalue weighted by molar-refractivity contribution is 0.288. The second-order valence-electron chi connectivity index (χ2n) is 7.99. The average molecular weight is 455 g/mol. The van der Waals surface area contributed by atoms with E-state index in [0.717, 1.165) is 24.8 Å². The SMILES string of the molecule is CCC(c1ccncc1)n1c(-c2ccco2)nc2c(N)nc(OCCCc3ccccc3)nc21. The van der Waals surface area contributed by atoms with Crippen LogP contribution in [0, 0.1) is 0 Å². The number of ether oxygens (including phenoxy) is 1. The van der Waals surface area contributed by atoms with Gasteiger partial charge in [-0.3, -0.25) is 9.55 Å². The Morgan fingerprint density at radius 1 is 1.00 bits per heavy atom. The van der Waals surface area contributed by atoms with Gasteiger partial charge in [0, 0.05) is 12.4 Å². The van der Waals surface area contributed by atoms with Crippen molar-refractivity contribution in [2.24, 2.45) is 0 Å². The quantitative estimate of drug-likeness (QED) is 0.310. The lowest BCUT2D eigenvalue weighted by Gasteiger charge is -2.20. The Labute approximate surface area is 197 Å². The number of aryl methyl sites for hydroxylation is 1. The zero-order valence-corrected chi connectivity index (χ0v) is 19.0. The molecule has 0 aliphatic heterocycles. The van der Waals surface area contributed by atoms with Crippen LogP contribution in [-0.2, 0) is 6.42 Å². The zero-order valence-electron chi connectivity index (χ0n) is 19.0. The predicted octanol–water partition coefficient (Wildman–Crippen LogP) is 5.07. The number of benzene rings is 1. The topological polar surface area (TPSA) is 105 Å². The van der Waals surface area contributed by atoms with Crippen LogP contribution in [0.3, 0.4) is 0 Å². The lowest BCUT2D eigenvalue weighted by atomic mass is 10.1. The van der Waals surface area contributed by atoms with Crippen LogP contribution in [-0.4, -0.2) is 31.1 Å². The van der Waals surface area contributed by atoms with Crippen molar-refractivity contribution in [3.05, 3.63) is 84.4 Å². The number of fused-ring (bicyclic) bond motifs is 1. The summed E-state index contributed by atoms with van der Waals surface area (Å²) in [4.78, 5) is 18.0. The van der Waals surface area contributed by atoms with Gasteiger partial charge in [-0.25, -0.2) is 4.98 Å². The van der Waals surface area contributed by atoms with E-state index < -0.39 is 0 Å². The van der Waals surface area contributed by atoms with Crippen molar-refractivity contribution >= 4 is 17.0 Å². The van der Waals surface area contributed by atoms with Crippen LogP contribution in [0.25, 0.3) is 22.7 Å². The molecular weight excluding hydrogens is 428 g/mol. The number of pyridine rings is 1. The molecule has 0 amide bonds. The van der Waals surface area contributed by atoms with Crippen molar-refractivity contribution in [2.45, 2.75) is 32.2 Å². The third kappa shape index (κ3) is 4.34. The standard InChI is InChI=1S/C26H26N6O2/c1-2-20(19-12-14-28-15-13-19)32-24(21-11-7-16-33-21)29-22-23(27)30-26(31-25(22)32)34-17-6-10-18-8-4-3-5-9-18/h3-5,7-9,11-16,20H,2,6,10,17H2,1H3,(H2,27,30,31). The number of furan rings is 1. The van der Waals surface area contributed by atoms with E-state index in [0.29, 0.717) is 29.4 Å². The zero-order chi connectivity index (χ0) is 23.3. The average Bonchev–Trinajstić information content (AvgIpc) is 3.53. The number of imidazole rings is 1. The molecule has 0 saturated heterocycles. The predicted molar refractivity (Wildman–Crippen MR) is 130 cm³/mol. The molecule has 8 heteroatoms. The van der Waals surface area contributed by atoms with Crippen molar-refractivity contribution in [3.8, 4) is 17.6 Å². The molecule has 5 aromatic rings. The number of hydrogen-bond acceptors (Lipinski definition) is 7. The smallest absolute Gasteiger partial charge is 0.320 e. The highest BCUT2D eigenvalue weighted by atomic mass is 16.5. The second kappa shape index (κ2) is 9.74. The van der Waals surface area contributed by atoms with Crippen LogP contribution in [0.5, 0.6) is 6.01 Å². The molecule has 0 aliphatic rings. The summed E-state index contributed by atoms with van der Waals surface area (Å²) >= 11 is 0. The number of rotatable bonds is 9. The minimum absolute atomic E-state index is 0.0478. The van der Waals surface area contributed by atoms with Gasteiger partial charge in [0.2, 0.25) is 0 Å². The molecule has 1 atom stereocenters. The molecule has 8 nitrogen and oxygen atoms in total. The monoisotopic (exact) mass is 454 g/mol. The molecular formula is C26H26N6O2. The lowest BCUT2D eigenvalue weighted by Crippen LogP contribution is -2.13. The maximum Gasteiger partial charge on any atom is 0.320 e. The molecule has 1 unspecified atom stereocenters. The fourth-order valence-corrected chi connectivity index (χ4v) is 4.15. The van der Waals surface area contributed by atoms with E-state index in [4.69, 9.17) is 24.9 Å². The fraction of sp³-hybridized carbons (Fsp3) is 0.231. The van der Waals surface area contributed by atoms with Gasteiger partial charge in [0.05, 0.1) is 18.9 Å². The van der Waals surface area contributed by atoms with Crippen molar-refractivity contribution in [2.75, 3.05) is 12.3 Å². The minimum atomic E-state index is -0.0478. The van der Waals surface area contributed by atoms with Crippen LogP contribution in [0.1, 0.15) is 36.9 Å². The highest BCUT2D eigenvalue weighted by molar-refractivity contribution is 5.85. The van der Waals surface area contributed by atoms with E-state index in [-0.39, 0.29) is 17.9 Å². The molecule has 0 fully saturated rings. The first-order valence-electron chi connectivity index (χ1n) is 11.4. The molecule has 0 bridgehead atoms. The molecule has 4 heterocycles. The van der Waals surface area contributed by atoms with Crippen LogP contribution < -0.4 is 10.5 Å². The van der Waals surface area contributed by atoms with Gasteiger partial charge in [-0.15, -0.1) is 0 Å². The Bertz CT molecular complexity index is 1350. The summed E-state index contributed by atoms with van der Waals surface area (Å²) in [6.07, 6.45) is 7.77. The van der Waals surface area contributed by atoms with Gasteiger partial charge in [0.15, 0.2) is 28.6 Å². The summed E-state index contributed by atoms with van der Waals surface area (Å²) in [6.45, 7) is 2.61. The molecule has 5 rings (SSSR count). The molecule has 0 radical (unpaired) electrons. The number of nitrogens with two attached hydrogens (primary N) is 1. The van der Waals surface area contributed by atoms with Crippen LogP contribution in [0.4, 0.5) is 5.82 Å². The summed E-state index contributed by atoms with van der Waals surface area (Å²) in [7, 11) is 0. The Morgan fingerprint density at radius 2 is 1.82 bits per heavy atom. The van der Waals surface area contributed by atoms with Gasteiger partial charge < -0.3 is 14.9 Å². The maximum atomic E-state index is 6.32. The summed E-state index contributed by atoms with van der Waals surface area (Å²) in [5, 5.41) is 0. The summed E-state index contributed by atoms with van der Waals surface area (Å²) in [5.74, 6) is 1.56. The first-order chi connectivity index (χ1) is 16.7. The molecule has 0 spiro atoms. The van der Waals surface area contributed by atoms with Crippen molar-refractivity contribution in [1.82, 2.24) is 24.5 Å².